The molecule has 8 nitrogen and oxygen atoms in total. The molecular formula is C27H32N2O6. The van der Waals surface area contributed by atoms with Gasteiger partial charge in [0.15, 0.2) is 0 Å². The van der Waals surface area contributed by atoms with Crippen LogP contribution in [0.5, 0.6) is 0 Å². The standard InChI is InChI=1S/C27H32N2O6/c1-3-18(12-13-24(30)29-16-27(2,17-29)35-15-25(31)32)28-26(33)34-14-23-21-10-6-4-8-19(21)20-9-5-7-11-22(20)23/h4-11,18,23H,3,12-17H2,1-2H3,(H,28,33)(H,31,32). The first-order valence-corrected chi connectivity index (χ1v) is 12.0. The van der Waals surface area contributed by atoms with Crippen LogP contribution < -0.4 is 5.32 Å². The molecule has 8 heteroatoms. The Hall–Kier alpha value is -3.39. The summed E-state index contributed by atoms with van der Waals surface area (Å²) in [5.74, 6) is -1.06. The van der Waals surface area contributed by atoms with Crippen LogP contribution in [0.25, 0.3) is 11.1 Å². The highest BCUT2D eigenvalue weighted by Crippen LogP contribution is 2.44. The topological polar surface area (TPSA) is 105 Å². The number of carbonyl (C=O) groups is 3. The molecule has 186 valence electrons. The number of ether oxygens (including phenoxy) is 2. The smallest absolute Gasteiger partial charge is 0.407 e. The van der Waals surface area contributed by atoms with Gasteiger partial charge in [-0.05, 0) is 42.0 Å². The molecule has 1 fully saturated rings. The molecule has 1 saturated heterocycles. The molecule has 0 aromatic heterocycles. The third kappa shape index (κ3) is 5.65. The van der Waals surface area contributed by atoms with Crippen molar-refractivity contribution < 1.29 is 29.0 Å². The van der Waals surface area contributed by atoms with Crippen LogP contribution in [-0.2, 0) is 19.1 Å². The van der Waals surface area contributed by atoms with E-state index in [1.54, 1.807) is 11.8 Å². The summed E-state index contributed by atoms with van der Waals surface area (Å²) in [4.78, 5) is 37.4. The Morgan fingerprint density at radius 2 is 1.69 bits per heavy atom. The third-order valence-corrected chi connectivity index (χ3v) is 6.81. The number of rotatable bonds is 10. The maximum atomic E-state index is 12.6. The van der Waals surface area contributed by atoms with E-state index in [4.69, 9.17) is 14.6 Å². The van der Waals surface area contributed by atoms with E-state index in [1.165, 1.54) is 11.1 Å². The molecule has 1 unspecified atom stereocenters. The maximum absolute atomic E-state index is 12.6. The Labute approximate surface area is 205 Å². The minimum absolute atomic E-state index is 0.00104. The van der Waals surface area contributed by atoms with Crippen molar-refractivity contribution in [1.82, 2.24) is 10.2 Å². The van der Waals surface area contributed by atoms with E-state index in [2.05, 4.69) is 29.6 Å². The van der Waals surface area contributed by atoms with Crippen molar-refractivity contribution in [3.05, 3.63) is 59.7 Å². The summed E-state index contributed by atoms with van der Waals surface area (Å²) >= 11 is 0. The Morgan fingerprint density at radius 1 is 1.09 bits per heavy atom. The normalized spacial score (nSPS) is 16.6. The molecule has 2 aromatic rings. The van der Waals surface area contributed by atoms with Crippen LogP contribution in [0.15, 0.2) is 48.5 Å². The molecule has 2 N–H and O–H groups in total. The lowest BCUT2D eigenvalue weighted by Crippen LogP contribution is -2.63. The van der Waals surface area contributed by atoms with E-state index in [1.807, 2.05) is 31.2 Å². The summed E-state index contributed by atoms with van der Waals surface area (Å²) in [5.41, 5.74) is 4.06. The van der Waals surface area contributed by atoms with Gasteiger partial charge in [-0.25, -0.2) is 9.59 Å². The minimum Gasteiger partial charge on any atom is -0.480 e. The van der Waals surface area contributed by atoms with Gasteiger partial charge in [0.25, 0.3) is 0 Å². The zero-order valence-electron chi connectivity index (χ0n) is 20.2. The number of hydrogen-bond donors (Lipinski definition) is 2. The highest BCUT2D eigenvalue weighted by Gasteiger charge is 2.42. The van der Waals surface area contributed by atoms with Crippen LogP contribution in [-0.4, -0.2) is 65.9 Å². The summed E-state index contributed by atoms with van der Waals surface area (Å²) in [6.07, 6.45) is 0.987. The molecule has 0 spiro atoms. The highest BCUT2D eigenvalue weighted by atomic mass is 16.5. The lowest BCUT2D eigenvalue weighted by Gasteiger charge is -2.47. The minimum atomic E-state index is -1.03. The van der Waals surface area contributed by atoms with Gasteiger partial charge in [-0.1, -0.05) is 55.5 Å². The predicted octanol–water partition coefficient (Wildman–Crippen LogP) is 3.79. The van der Waals surface area contributed by atoms with Crippen molar-refractivity contribution in [1.29, 1.82) is 0 Å². The number of carboxylic acids is 1. The SMILES string of the molecule is CCC(CCC(=O)N1CC(C)(OCC(=O)O)C1)NC(=O)OCC1c2ccccc2-c2ccccc21. The fraction of sp³-hybridized carbons (Fsp3) is 0.444. The summed E-state index contributed by atoms with van der Waals surface area (Å²) in [5, 5.41) is 11.6. The lowest BCUT2D eigenvalue weighted by atomic mass is 9.95. The van der Waals surface area contributed by atoms with Crippen molar-refractivity contribution in [3.8, 4) is 11.1 Å². The summed E-state index contributed by atoms with van der Waals surface area (Å²) in [7, 11) is 0. The van der Waals surface area contributed by atoms with E-state index in [-0.39, 0.29) is 37.5 Å². The average Bonchev–Trinajstić information content (AvgIpc) is 3.15. The average molecular weight is 481 g/mol. The summed E-state index contributed by atoms with van der Waals surface area (Å²) in [6, 6.07) is 16.2. The van der Waals surface area contributed by atoms with Gasteiger partial charge in [0, 0.05) is 18.4 Å². The van der Waals surface area contributed by atoms with Crippen LogP contribution >= 0.6 is 0 Å². The number of amides is 2. The maximum Gasteiger partial charge on any atom is 0.407 e. The third-order valence-electron chi connectivity index (χ3n) is 6.81. The molecular weight excluding hydrogens is 448 g/mol. The molecule has 2 amide bonds. The summed E-state index contributed by atoms with van der Waals surface area (Å²) < 4.78 is 11.0. The van der Waals surface area contributed by atoms with E-state index in [0.29, 0.717) is 25.9 Å². The Kier molecular flexibility index (Phi) is 7.40. The number of nitrogens with zero attached hydrogens (tertiary/aromatic N) is 1. The first-order valence-electron chi connectivity index (χ1n) is 12.0. The molecule has 0 bridgehead atoms. The quantitative estimate of drug-likeness (QED) is 0.536. The highest BCUT2D eigenvalue weighted by molar-refractivity contribution is 5.79. The van der Waals surface area contributed by atoms with E-state index in [0.717, 1.165) is 11.1 Å². The molecule has 1 aliphatic carbocycles. The van der Waals surface area contributed by atoms with E-state index < -0.39 is 17.7 Å². The molecule has 0 radical (unpaired) electrons. The van der Waals surface area contributed by atoms with Crippen LogP contribution in [0.1, 0.15) is 50.2 Å². The zero-order chi connectivity index (χ0) is 25.0. The number of benzene rings is 2. The number of aliphatic carboxylic acids is 1. The molecule has 1 aliphatic heterocycles. The van der Waals surface area contributed by atoms with Gasteiger partial charge in [0.05, 0.1) is 13.1 Å². The monoisotopic (exact) mass is 480 g/mol. The first kappa shape index (κ1) is 24.7. The lowest BCUT2D eigenvalue weighted by molar-refractivity contribution is -0.173. The molecule has 0 saturated carbocycles. The van der Waals surface area contributed by atoms with Crippen LogP contribution in [0.2, 0.25) is 0 Å². The van der Waals surface area contributed by atoms with Crippen LogP contribution in [0.4, 0.5) is 4.79 Å². The molecule has 2 aliphatic rings. The Bertz CT molecular complexity index is 1050. The second-order valence-electron chi connectivity index (χ2n) is 9.50. The number of nitrogens with one attached hydrogen (secondary N) is 1. The molecule has 4 rings (SSSR count). The van der Waals surface area contributed by atoms with Gasteiger partial charge in [-0.3, -0.25) is 4.79 Å². The Morgan fingerprint density at radius 3 is 2.26 bits per heavy atom. The second kappa shape index (κ2) is 10.5. The van der Waals surface area contributed by atoms with Gasteiger partial charge in [0.1, 0.15) is 18.8 Å². The number of likely N-dealkylation sites (tertiary alicyclic amines) is 1. The fourth-order valence-corrected chi connectivity index (χ4v) is 4.91. The largest absolute Gasteiger partial charge is 0.480 e. The van der Waals surface area contributed by atoms with E-state index >= 15 is 0 Å². The van der Waals surface area contributed by atoms with Gasteiger partial charge >= 0.3 is 12.1 Å². The second-order valence-corrected chi connectivity index (χ2v) is 9.50. The van der Waals surface area contributed by atoms with Crippen LogP contribution in [0.3, 0.4) is 0 Å². The molecule has 1 heterocycles. The van der Waals surface area contributed by atoms with Crippen molar-refractivity contribution in [2.45, 2.75) is 50.7 Å². The van der Waals surface area contributed by atoms with Gasteiger partial charge in [0.2, 0.25) is 5.91 Å². The fourth-order valence-electron chi connectivity index (χ4n) is 4.91. The number of hydrogen-bond acceptors (Lipinski definition) is 5. The molecule has 1 atom stereocenters. The van der Waals surface area contributed by atoms with Gasteiger partial charge in [-0.2, -0.15) is 0 Å². The van der Waals surface area contributed by atoms with Crippen molar-refractivity contribution in [3.63, 3.8) is 0 Å². The number of fused-ring (bicyclic) bond motifs is 3. The van der Waals surface area contributed by atoms with E-state index in [9.17, 15) is 14.4 Å². The van der Waals surface area contributed by atoms with Crippen LogP contribution in [0, 0.1) is 0 Å². The zero-order valence-corrected chi connectivity index (χ0v) is 20.2. The first-order chi connectivity index (χ1) is 16.8. The van der Waals surface area contributed by atoms with Gasteiger partial charge in [-0.15, -0.1) is 0 Å². The molecule has 35 heavy (non-hydrogen) atoms. The van der Waals surface area contributed by atoms with Crippen molar-refractivity contribution in [2.24, 2.45) is 0 Å². The Balaban J connectivity index is 1.23. The number of carboxylic acid groups (broad SMARTS) is 1. The van der Waals surface area contributed by atoms with Crippen molar-refractivity contribution in [2.75, 3.05) is 26.3 Å². The van der Waals surface area contributed by atoms with Gasteiger partial charge < -0.3 is 24.8 Å². The number of alkyl carbamates (subject to hydrolysis) is 1. The summed E-state index contributed by atoms with van der Waals surface area (Å²) in [6.45, 7) is 4.37. The van der Waals surface area contributed by atoms with Crippen molar-refractivity contribution >= 4 is 18.0 Å². The number of carbonyl (C=O) groups excluding carboxylic acids is 2. The molecule has 2 aromatic carbocycles. The predicted molar refractivity (Wildman–Crippen MR) is 130 cm³/mol.